The van der Waals surface area contributed by atoms with Crippen LogP contribution in [0, 0.1) is 5.92 Å². The molecule has 0 saturated heterocycles. The molecule has 0 aliphatic heterocycles. The van der Waals surface area contributed by atoms with Crippen LogP contribution >= 0.6 is 0 Å². The van der Waals surface area contributed by atoms with Crippen LogP contribution in [-0.2, 0) is 6.42 Å². The Morgan fingerprint density at radius 2 is 2.06 bits per heavy atom. The molecule has 0 amide bonds. The first-order valence-corrected chi connectivity index (χ1v) is 6.53. The van der Waals surface area contributed by atoms with Crippen molar-refractivity contribution in [1.82, 2.24) is 5.43 Å². The molecule has 0 unspecified atom stereocenters. The topological polar surface area (TPSA) is 62.4 Å². The highest BCUT2D eigenvalue weighted by atomic mass is 15.3. The summed E-state index contributed by atoms with van der Waals surface area (Å²) in [4.78, 5) is 4.41. The summed E-state index contributed by atoms with van der Waals surface area (Å²) >= 11 is 0. The number of hydrogen-bond donors (Lipinski definition) is 3. The molecule has 0 aromatic heterocycles. The van der Waals surface area contributed by atoms with E-state index in [-0.39, 0.29) is 0 Å². The van der Waals surface area contributed by atoms with Gasteiger partial charge in [0.15, 0.2) is 0 Å². The Labute approximate surface area is 110 Å². The lowest BCUT2D eigenvalue weighted by atomic mass is 10.1. The van der Waals surface area contributed by atoms with Crippen LogP contribution < -0.4 is 16.6 Å². The second-order valence-corrected chi connectivity index (χ2v) is 4.76. The summed E-state index contributed by atoms with van der Waals surface area (Å²) in [5.41, 5.74) is 4.97. The van der Waals surface area contributed by atoms with Crippen molar-refractivity contribution in [3.05, 3.63) is 29.8 Å². The van der Waals surface area contributed by atoms with Crippen molar-refractivity contribution in [2.24, 2.45) is 16.8 Å². The molecule has 100 valence electrons. The lowest BCUT2D eigenvalue weighted by molar-refractivity contribution is 0.663. The van der Waals surface area contributed by atoms with Crippen LogP contribution in [0.5, 0.6) is 0 Å². The van der Waals surface area contributed by atoms with Crippen molar-refractivity contribution in [2.75, 3.05) is 11.9 Å². The van der Waals surface area contributed by atoms with Crippen LogP contribution in [0.1, 0.15) is 32.8 Å². The minimum Gasteiger partial charge on any atom is -0.325 e. The highest BCUT2D eigenvalue weighted by molar-refractivity contribution is 5.93. The number of hydrogen-bond acceptors (Lipinski definition) is 2. The van der Waals surface area contributed by atoms with Gasteiger partial charge in [-0.1, -0.05) is 45.4 Å². The van der Waals surface area contributed by atoms with Crippen LogP contribution in [0.25, 0.3) is 0 Å². The summed E-state index contributed by atoms with van der Waals surface area (Å²) in [5, 5.41) is 3.25. The Balaban J connectivity index is 2.78. The van der Waals surface area contributed by atoms with Gasteiger partial charge in [0, 0.05) is 12.2 Å². The maximum absolute atomic E-state index is 5.49. The van der Waals surface area contributed by atoms with Gasteiger partial charge in [-0.05, 0) is 24.0 Å². The second kappa shape index (κ2) is 7.71. The van der Waals surface area contributed by atoms with Crippen molar-refractivity contribution in [2.45, 2.75) is 33.6 Å². The number of anilines is 1. The Morgan fingerprint density at radius 3 is 2.67 bits per heavy atom. The summed E-state index contributed by atoms with van der Waals surface area (Å²) in [6.45, 7) is 7.18. The normalized spacial score (nSPS) is 11.7. The molecule has 4 heteroatoms. The van der Waals surface area contributed by atoms with Gasteiger partial charge in [-0.25, -0.2) is 5.84 Å². The molecule has 1 aromatic rings. The SMILES string of the molecule is CCCc1ccccc1NC(=NCC(C)C)NN. The number of nitrogens with one attached hydrogen (secondary N) is 2. The Morgan fingerprint density at radius 1 is 1.33 bits per heavy atom. The summed E-state index contributed by atoms with van der Waals surface area (Å²) < 4.78 is 0. The van der Waals surface area contributed by atoms with E-state index in [2.05, 4.69) is 48.6 Å². The third-order valence-electron chi connectivity index (χ3n) is 2.54. The van der Waals surface area contributed by atoms with Crippen molar-refractivity contribution in [3.63, 3.8) is 0 Å². The maximum atomic E-state index is 5.49. The van der Waals surface area contributed by atoms with E-state index in [4.69, 9.17) is 5.84 Å². The lowest BCUT2D eigenvalue weighted by Crippen LogP contribution is -2.36. The molecule has 4 nitrogen and oxygen atoms in total. The molecule has 1 aromatic carbocycles. The van der Waals surface area contributed by atoms with E-state index in [0.717, 1.165) is 25.1 Å². The minimum absolute atomic E-state index is 0.515. The molecule has 4 N–H and O–H groups in total. The van der Waals surface area contributed by atoms with Gasteiger partial charge >= 0.3 is 0 Å². The van der Waals surface area contributed by atoms with E-state index in [1.807, 2.05) is 12.1 Å². The summed E-state index contributed by atoms with van der Waals surface area (Å²) in [5.74, 6) is 6.62. The smallest absolute Gasteiger partial charge is 0.210 e. The van der Waals surface area contributed by atoms with Gasteiger partial charge in [-0.2, -0.15) is 0 Å². The number of rotatable bonds is 5. The Bertz CT molecular complexity index is 385. The molecular formula is C14H24N4. The van der Waals surface area contributed by atoms with E-state index in [1.165, 1.54) is 5.56 Å². The molecule has 0 aliphatic carbocycles. The third kappa shape index (κ3) is 4.75. The fourth-order valence-corrected chi connectivity index (χ4v) is 1.65. The molecule has 1 rings (SSSR count). The molecule has 0 heterocycles. The van der Waals surface area contributed by atoms with Gasteiger partial charge in [-0.15, -0.1) is 0 Å². The van der Waals surface area contributed by atoms with E-state index in [1.54, 1.807) is 0 Å². The average Bonchev–Trinajstić information content (AvgIpc) is 2.36. The highest BCUT2D eigenvalue weighted by Gasteiger charge is 2.03. The quantitative estimate of drug-likeness (QED) is 0.325. The van der Waals surface area contributed by atoms with E-state index < -0.39 is 0 Å². The predicted octanol–water partition coefficient (Wildman–Crippen LogP) is 2.53. The lowest BCUT2D eigenvalue weighted by Gasteiger charge is -2.13. The van der Waals surface area contributed by atoms with E-state index in [9.17, 15) is 0 Å². The van der Waals surface area contributed by atoms with Crippen LogP contribution in [-0.4, -0.2) is 12.5 Å². The maximum Gasteiger partial charge on any atom is 0.210 e. The first-order chi connectivity index (χ1) is 8.67. The second-order valence-electron chi connectivity index (χ2n) is 4.76. The number of nitrogens with two attached hydrogens (primary N) is 1. The van der Waals surface area contributed by atoms with E-state index in [0.29, 0.717) is 11.9 Å². The molecule has 0 bridgehead atoms. The minimum atomic E-state index is 0.515. The van der Waals surface area contributed by atoms with E-state index >= 15 is 0 Å². The zero-order valence-corrected chi connectivity index (χ0v) is 11.5. The molecule has 0 radical (unpaired) electrons. The number of benzene rings is 1. The molecule has 0 fully saturated rings. The monoisotopic (exact) mass is 248 g/mol. The number of guanidine groups is 1. The third-order valence-corrected chi connectivity index (χ3v) is 2.54. The highest BCUT2D eigenvalue weighted by Crippen LogP contribution is 2.16. The number of aliphatic imine (C=N–C) groups is 1. The fourth-order valence-electron chi connectivity index (χ4n) is 1.65. The van der Waals surface area contributed by atoms with Gasteiger partial charge in [0.05, 0.1) is 0 Å². The first-order valence-electron chi connectivity index (χ1n) is 6.53. The van der Waals surface area contributed by atoms with Crippen LogP contribution in [0.15, 0.2) is 29.3 Å². The molecular weight excluding hydrogens is 224 g/mol. The van der Waals surface area contributed by atoms with Gasteiger partial charge in [-0.3, -0.25) is 10.4 Å². The van der Waals surface area contributed by atoms with Crippen molar-refractivity contribution in [3.8, 4) is 0 Å². The molecule has 18 heavy (non-hydrogen) atoms. The van der Waals surface area contributed by atoms with Gasteiger partial charge in [0.25, 0.3) is 0 Å². The fraction of sp³-hybridized carbons (Fsp3) is 0.500. The Kier molecular flexibility index (Phi) is 6.22. The molecule has 0 aliphatic rings. The molecule has 0 saturated carbocycles. The molecule has 0 atom stereocenters. The van der Waals surface area contributed by atoms with Crippen LogP contribution in [0.4, 0.5) is 5.69 Å². The summed E-state index contributed by atoms with van der Waals surface area (Å²) in [6.07, 6.45) is 2.17. The largest absolute Gasteiger partial charge is 0.325 e. The number of aryl methyl sites for hydroxylation is 1. The number of hydrazine groups is 1. The standard InChI is InChI=1S/C14H24N4/c1-4-7-12-8-5-6-9-13(12)17-14(18-15)16-10-11(2)3/h5-6,8-9,11H,4,7,10,15H2,1-3H3,(H2,16,17,18). The predicted molar refractivity (Wildman–Crippen MR) is 78.5 cm³/mol. The van der Waals surface area contributed by atoms with Crippen LogP contribution in [0.3, 0.4) is 0 Å². The van der Waals surface area contributed by atoms with Crippen molar-refractivity contribution >= 4 is 11.6 Å². The van der Waals surface area contributed by atoms with Crippen molar-refractivity contribution < 1.29 is 0 Å². The first kappa shape index (κ1) is 14.5. The average molecular weight is 248 g/mol. The van der Waals surface area contributed by atoms with Gasteiger partial charge in [0.2, 0.25) is 5.96 Å². The Hall–Kier alpha value is -1.55. The molecule has 0 spiro atoms. The van der Waals surface area contributed by atoms with Crippen LogP contribution in [0.2, 0.25) is 0 Å². The number of nitrogens with zero attached hydrogens (tertiary/aromatic N) is 1. The summed E-state index contributed by atoms with van der Waals surface area (Å²) in [7, 11) is 0. The zero-order valence-electron chi connectivity index (χ0n) is 11.5. The van der Waals surface area contributed by atoms with Crippen molar-refractivity contribution in [1.29, 1.82) is 0 Å². The zero-order chi connectivity index (χ0) is 13.4. The van der Waals surface area contributed by atoms with Gasteiger partial charge in [0.1, 0.15) is 0 Å². The number of para-hydroxylation sites is 1. The summed E-state index contributed by atoms with van der Waals surface area (Å²) in [6, 6.07) is 8.24. The van der Waals surface area contributed by atoms with Gasteiger partial charge < -0.3 is 5.32 Å².